The minimum absolute atomic E-state index is 0.170. The summed E-state index contributed by atoms with van der Waals surface area (Å²) in [6.07, 6.45) is 1.08. The number of rotatable bonds is 3. The van der Waals surface area contributed by atoms with Gasteiger partial charge in [-0.05, 0) is 47.8 Å². The lowest BCUT2D eigenvalue weighted by molar-refractivity contribution is 0.0537. The van der Waals surface area contributed by atoms with Crippen molar-refractivity contribution in [2.24, 2.45) is 0 Å². The highest BCUT2D eigenvalue weighted by Crippen LogP contribution is 2.28. The van der Waals surface area contributed by atoms with Gasteiger partial charge >= 0.3 is 0 Å². The van der Waals surface area contributed by atoms with E-state index >= 15 is 0 Å². The number of benzene rings is 1. The van der Waals surface area contributed by atoms with Crippen LogP contribution in [0.15, 0.2) is 21.5 Å². The summed E-state index contributed by atoms with van der Waals surface area (Å²) in [7, 11) is -3.97. The first-order valence-corrected chi connectivity index (χ1v) is 8.37. The first kappa shape index (κ1) is 15.7. The third-order valence-corrected chi connectivity index (χ3v) is 5.66. The molecule has 20 heavy (non-hydrogen) atoms. The van der Waals surface area contributed by atoms with Crippen LogP contribution < -0.4 is 10.5 Å². The minimum Gasteiger partial charge on any atom is -0.398 e. The average Bonchev–Trinajstić information content (AvgIpc) is 2.33. The van der Waals surface area contributed by atoms with Gasteiger partial charge in [-0.15, -0.1) is 0 Å². The van der Waals surface area contributed by atoms with Crippen molar-refractivity contribution in [1.82, 2.24) is 4.72 Å². The van der Waals surface area contributed by atoms with E-state index in [-0.39, 0.29) is 5.69 Å². The first-order chi connectivity index (χ1) is 9.23. The molecule has 112 valence electrons. The molecule has 8 heteroatoms. The lowest BCUT2D eigenvalue weighted by Crippen LogP contribution is -2.49. The average molecular weight is 367 g/mol. The zero-order chi connectivity index (χ0) is 15.0. The van der Waals surface area contributed by atoms with Crippen LogP contribution in [-0.4, -0.2) is 27.2 Å². The van der Waals surface area contributed by atoms with Crippen LogP contribution >= 0.6 is 15.9 Å². The standard InChI is InChI=1S/C12H16BrFN2O3S/c1-12(2-4-19-5-3-12)16-20(17,18)11-7-10(15)8(13)6-9(11)14/h6-7,16H,2-5,15H2,1H3. The fourth-order valence-electron chi connectivity index (χ4n) is 2.05. The summed E-state index contributed by atoms with van der Waals surface area (Å²) in [6.45, 7) is 2.74. The molecule has 0 aromatic heterocycles. The second kappa shape index (κ2) is 5.59. The topological polar surface area (TPSA) is 81.4 Å². The van der Waals surface area contributed by atoms with Gasteiger partial charge in [0.15, 0.2) is 0 Å². The van der Waals surface area contributed by atoms with Crippen molar-refractivity contribution in [3.8, 4) is 0 Å². The van der Waals surface area contributed by atoms with Gasteiger partial charge in [0, 0.05) is 28.9 Å². The maximum Gasteiger partial charge on any atom is 0.244 e. The number of nitrogens with two attached hydrogens (primary N) is 1. The van der Waals surface area contributed by atoms with Crippen molar-refractivity contribution in [2.45, 2.75) is 30.2 Å². The van der Waals surface area contributed by atoms with Crippen molar-refractivity contribution in [3.63, 3.8) is 0 Å². The molecule has 0 bridgehead atoms. The van der Waals surface area contributed by atoms with E-state index in [0.29, 0.717) is 30.5 Å². The predicted molar refractivity (Wildman–Crippen MR) is 77.3 cm³/mol. The minimum atomic E-state index is -3.97. The van der Waals surface area contributed by atoms with Crippen LogP contribution in [0.25, 0.3) is 0 Å². The van der Waals surface area contributed by atoms with E-state index in [4.69, 9.17) is 10.5 Å². The van der Waals surface area contributed by atoms with Crippen molar-refractivity contribution in [1.29, 1.82) is 0 Å². The Morgan fingerprint density at radius 3 is 2.60 bits per heavy atom. The van der Waals surface area contributed by atoms with Crippen LogP contribution in [0.4, 0.5) is 10.1 Å². The molecule has 1 aromatic rings. The Hall–Kier alpha value is -0.700. The first-order valence-electron chi connectivity index (χ1n) is 6.10. The number of anilines is 1. The highest BCUT2D eigenvalue weighted by atomic mass is 79.9. The van der Waals surface area contributed by atoms with Crippen LogP contribution in [0.5, 0.6) is 0 Å². The van der Waals surface area contributed by atoms with Gasteiger partial charge in [-0.25, -0.2) is 17.5 Å². The molecular formula is C12H16BrFN2O3S. The Bertz CT molecular complexity index is 615. The van der Waals surface area contributed by atoms with Gasteiger partial charge < -0.3 is 10.5 Å². The molecule has 3 N–H and O–H groups in total. The summed E-state index contributed by atoms with van der Waals surface area (Å²) in [5.74, 6) is -0.839. The van der Waals surface area contributed by atoms with Gasteiger partial charge in [-0.2, -0.15) is 0 Å². The van der Waals surface area contributed by atoms with E-state index in [1.54, 1.807) is 6.92 Å². The molecule has 0 atom stereocenters. The SMILES string of the molecule is CC1(NS(=O)(=O)c2cc(N)c(Br)cc2F)CCOCC1. The summed E-state index contributed by atoms with van der Waals surface area (Å²) in [6, 6.07) is 2.17. The van der Waals surface area contributed by atoms with Gasteiger partial charge in [-0.3, -0.25) is 0 Å². The smallest absolute Gasteiger partial charge is 0.244 e. The molecular weight excluding hydrogens is 351 g/mol. The molecule has 0 aliphatic carbocycles. The highest BCUT2D eigenvalue weighted by molar-refractivity contribution is 9.10. The van der Waals surface area contributed by atoms with E-state index < -0.39 is 26.3 Å². The van der Waals surface area contributed by atoms with E-state index in [1.165, 1.54) is 0 Å². The molecule has 1 aromatic carbocycles. The number of nitrogens with one attached hydrogen (secondary N) is 1. The molecule has 1 fully saturated rings. The fourth-order valence-corrected chi connectivity index (χ4v) is 3.93. The van der Waals surface area contributed by atoms with Crippen LogP contribution in [0.2, 0.25) is 0 Å². The molecule has 5 nitrogen and oxygen atoms in total. The predicted octanol–water partition coefficient (Wildman–Crippen LogP) is 2.02. The quantitative estimate of drug-likeness (QED) is 0.801. The Balaban J connectivity index is 2.33. The summed E-state index contributed by atoms with van der Waals surface area (Å²) < 4.78 is 46.6. The third kappa shape index (κ3) is 3.30. The lowest BCUT2D eigenvalue weighted by Gasteiger charge is -2.34. The molecule has 0 radical (unpaired) electrons. The molecule has 0 amide bonds. The van der Waals surface area contributed by atoms with E-state index in [9.17, 15) is 12.8 Å². The maximum absolute atomic E-state index is 13.9. The monoisotopic (exact) mass is 366 g/mol. The van der Waals surface area contributed by atoms with Crippen LogP contribution in [0.1, 0.15) is 19.8 Å². The Morgan fingerprint density at radius 2 is 2.00 bits per heavy atom. The second-order valence-corrected chi connectivity index (χ2v) is 7.59. The molecule has 0 spiro atoms. The fraction of sp³-hybridized carbons (Fsp3) is 0.500. The molecule has 2 rings (SSSR count). The number of hydrogen-bond donors (Lipinski definition) is 2. The second-order valence-electron chi connectivity index (χ2n) is 5.08. The third-order valence-electron chi connectivity index (χ3n) is 3.32. The van der Waals surface area contributed by atoms with Crippen LogP contribution in [-0.2, 0) is 14.8 Å². The molecule has 1 saturated heterocycles. The van der Waals surface area contributed by atoms with Gasteiger partial charge in [0.25, 0.3) is 0 Å². The number of ether oxygens (including phenoxy) is 1. The summed E-state index contributed by atoms with van der Waals surface area (Å²) in [5.41, 5.74) is 5.16. The Morgan fingerprint density at radius 1 is 1.40 bits per heavy atom. The Kier molecular flexibility index (Phi) is 4.38. The zero-order valence-corrected chi connectivity index (χ0v) is 13.4. The summed E-state index contributed by atoms with van der Waals surface area (Å²) >= 11 is 3.06. The number of nitrogen functional groups attached to an aromatic ring is 1. The van der Waals surface area contributed by atoms with E-state index in [2.05, 4.69) is 20.7 Å². The largest absolute Gasteiger partial charge is 0.398 e. The Labute approximate surface area is 125 Å². The molecule has 1 heterocycles. The summed E-state index contributed by atoms with van der Waals surface area (Å²) in [4.78, 5) is -0.439. The highest BCUT2D eigenvalue weighted by Gasteiger charge is 2.34. The number of hydrogen-bond acceptors (Lipinski definition) is 4. The van der Waals surface area contributed by atoms with Crippen molar-refractivity contribution in [3.05, 3.63) is 22.4 Å². The van der Waals surface area contributed by atoms with Crippen LogP contribution in [0.3, 0.4) is 0 Å². The number of halogens is 2. The van der Waals surface area contributed by atoms with E-state index in [0.717, 1.165) is 12.1 Å². The van der Waals surface area contributed by atoms with Crippen LogP contribution in [0, 0.1) is 5.82 Å². The van der Waals surface area contributed by atoms with Crippen molar-refractivity contribution in [2.75, 3.05) is 18.9 Å². The maximum atomic E-state index is 13.9. The van der Waals surface area contributed by atoms with Gasteiger partial charge in [0.2, 0.25) is 10.0 Å². The molecule has 1 aliphatic rings. The molecule has 0 saturated carbocycles. The summed E-state index contributed by atoms with van der Waals surface area (Å²) in [5, 5.41) is 0. The number of sulfonamides is 1. The lowest BCUT2D eigenvalue weighted by atomic mass is 9.94. The zero-order valence-electron chi connectivity index (χ0n) is 10.9. The van der Waals surface area contributed by atoms with Crippen molar-refractivity contribution < 1.29 is 17.5 Å². The van der Waals surface area contributed by atoms with Gasteiger partial charge in [-0.1, -0.05) is 0 Å². The normalized spacial score (nSPS) is 18.9. The molecule has 1 aliphatic heterocycles. The van der Waals surface area contributed by atoms with Crippen molar-refractivity contribution >= 4 is 31.6 Å². The van der Waals surface area contributed by atoms with Gasteiger partial charge in [0.05, 0.1) is 0 Å². The molecule has 0 unspecified atom stereocenters. The van der Waals surface area contributed by atoms with Gasteiger partial charge in [0.1, 0.15) is 10.7 Å². The van der Waals surface area contributed by atoms with E-state index in [1.807, 2.05) is 0 Å².